The minimum atomic E-state index is -3.21. The molecule has 0 unspecified atom stereocenters. The molecule has 2 aromatic rings. The van der Waals surface area contributed by atoms with E-state index in [0.29, 0.717) is 30.4 Å². The minimum absolute atomic E-state index is 0.0877. The van der Waals surface area contributed by atoms with Crippen LogP contribution in [0.25, 0.3) is 11.5 Å². The molecule has 2 heterocycles. The van der Waals surface area contributed by atoms with Gasteiger partial charge in [-0.15, -0.1) is 10.2 Å². The fourth-order valence-electron chi connectivity index (χ4n) is 2.69. The fraction of sp³-hybridized carbons (Fsp3) is 0.467. The Morgan fingerprint density at radius 3 is 2.74 bits per heavy atom. The molecule has 6 nitrogen and oxygen atoms in total. The standard InChI is InChI=1S/C15H18FN3O3S/c1-2-23(20,21)19-9-3-4-12(10-19)15-18-17-14(22-15)11-5-7-13(16)8-6-11/h5-8,12H,2-4,9-10H2,1H3/t12-/m1/s1. The van der Waals surface area contributed by atoms with E-state index >= 15 is 0 Å². The molecule has 0 saturated carbocycles. The smallest absolute Gasteiger partial charge is 0.247 e. The second kappa shape index (κ2) is 6.37. The summed E-state index contributed by atoms with van der Waals surface area (Å²) >= 11 is 0. The fourth-order valence-corrected chi connectivity index (χ4v) is 3.87. The first-order valence-corrected chi connectivity index (χ1v) is 9.17. The first-order valence-electron chi connectivity index (χ1n) is 7.57. The molecule has 1 atom stereocenters. The summed E-state index contributed by atoms with van der Waals surface area (Å²) in [5, 5.41) is 8.04. The molecule has 1 aliphatic rings. The molecule has 8 heteroatoms. The van der Waals surface area contributed by atoms with Gasteiger partial charge in [0, 0.05) is 18.7 Å². The third-order valence-electron chi connectivity index (χ3n) is 4.02. The molecule has 0 aliphatic carbocycles. The van der Waals surface area contributed by atoms with E-state index < -0.39 is 10.0 Å². The molecule has 0 bridgehead atoms. The van der Waals surface area contributed by atoms with Crippen LogP contribution in [-0.2, 0) is 10.0 Å². The second-order valence-electron chi connectivity index (χ2n) is 5.55. The van der Waals surface area contributed by atoms with Gasteiger partial charge in [0.2, 0.25) is 21.8 Å². The van der Waals surface area contributed by atoms with Crippen LogP contribution in [0.15, 0.2) is 28.7 Å². The lowest BCUT2D eigenvalue weighted by Crippen LogP contribution is -2.39. The van der Waals surface area contributed by atoms with Crippen LogP contribution in [0.4, 0.5) is 4.39 Å². The number of piperidine rings is 1. The van der Waals surface area contributed by atoms with Crippen molar-refractivity contribution in [2.45, 2.75) is 25.7 Å². The first-order chi connectivity index (χ1) is 11.0. The number of halogens is 1. The maximum atomic E-state index is 13.0. The highest BCUT2D eigenvalue weighted by Crippen LogP contribution is 2.29. The van der Waals surface area contributed by atoms with E-state index in [1.165, 1.54) is 16.4 Å². The highest BCUT2D eigenvalue weighted by atomic mass is 32.2. The lowest BCUT2D eigenvalue weighted by Gasteiger charge is -2.29. The van der Waals surface area contributed by atoms with Crippen LogP contribution >= 0.6 is 0 Å². The van der Waals surface area contributed by atoms with Crippen LogP contribution in [-0.4, -0.2) is 41.8 Å². The summed E-state index contributed by atoms with van der Waals surface area (Å²) in [4.78, 5) is 0. The van der Waals surface area contributed by atoms with E-state index in [9.17, 15) is 12.8 Å². The quantitative estimate of drug-likeness (QED) is 0.855. The van der Waals surface area contributed by atoms with Crippen LogP contribution in [0.5, 0.6) is 0 Å². The molecule has 0 radical (unpaired) electrons. The molecular weight excluding hydrogens is 321 g/mol. The molecule has 23 heavy (non-hydrogen) atoms. The Morgan fingerprint density at radius 2 is 2.04 bits per heavy atom. The van der Waals surface area contributed by atoms with Gasteiger partial charge in [0.05, 0.1) is 11.7 Å². The van der Waals surface area contributed by atoms with Crippen molar-refractivity contribution >= 4 is 10.0 Å². The number of aromatic nitrogens is 2. The highest BCUT2D eigenvalue weighted by molar-refractivity contribution is 7.89. The number of sulfonamides is 1. The van der Waals surface area contributed by atoms with Gasteiger partial charge in [-0.3, -0.25) is 0 Å². The Balaban J connectivity index is 1.79. The summed E-state index contributed by atoms with van der Waals surface area (Å²) in [6.45, 7) is 2.53. The first kappa shape index (κ1) is 16.1. The van der Waals surface area contributed by atoms with Crippen molar-refractivity contribution in [3.63, 3.8) is 0 Å². The van der Waals surface area contributed by atoms with E-state index in [4.69, 9.17) is 4.42 Å². The van der Waals surface area contributed by atoms with Crippen molar-refractivity contribution < 1.29 is 17.2 Å². The molecule has 1 saturated heterocycles. The van der Waals surface area contributed by atoms with Crippen molar-refractivity contribution in [2.75, 3.05) is 18.8 Å². The van der Waals surface area contributed by atoms with Crippen LogP contribution in [0, 0.1) is 5.82 Å². The van der Waals surface area contributed by atoms with Crippen LogP contribution in [0.2, 0.25) is 0 Å². The van der Waals surface area contributed by atoms with Gasteiger partial charge in [-0.05, 0) is 44.0 Å². The number of nitrogens with zero attached hydrogens (tertiary/aromatic N) is 3. The van der Waals surface area contributed by atoms with Crippen molar-refractivity contribution in [2.24, 2.45) is 0 Å². The number of hydrogen-bond acceptors (Lipinski definition) is 5. The summed E-state index contributed by atoms with van der Waals surface area (Å²) in [6, 6.07) is 5.80. The average molecular weight is 339 g/mol. The zero-order valence-corrected chi connectivity index (χ0v) is 13.6. The Bertz CT molecular complexity index is 774. The largest absolute Gasteiger partial charge is 0.420 e. The highest BCUT2D eigenvalue weighted by Gasteiger charge is 2.31. The van der Waals surface area contributed by atoms with E-state index in [1.54, 1.807) is 19.1 Å². The molecule has 0 N–H and O–H groups in total. The van der Waals surface area contributed by atoms with Crippen LogP contribution in [0.3, 0.4) is 0 Å². The lowest BCUT2D eigenvalue weighted by atomic mass is 10.00. The monoisotopic (exact) mass is 339 g/mol. The molecule has 1 aliphatic heterocycles. The van der Waals surface area contributed by atoms with Gasteiger partial charge < -0.3 is 4.42 Å². The van der Waals surface area contributed by atoms with E-state index in [0.717, 1.165) is 12.8 Å². The molecular formula is C15H18FN3O3S. The maximum Gasteiger partial charge on any atom is 0.247 e. The molecule has 124 valence electrons. The summed E-state index contributed by atoms with van der Waals surface area (Å²) in [6.07, 6.45) is 1.57. The van der Waals surface area contributed by atoms with Gasteiger partial charge in [-0.1, -0.05) is 0 Å². The summed E-state index contributed by atoms with van der Waals surface area (Å²) in [7, 11) is -3.21. The molecule has 0 spiro atoms. The Morgan fingerprint density at radius 1 is 1.30 bits per heavy atom. The molecule has 1 aromatic carbocycles. The molecule has 1 fully saturated rings. The van der Waals surface area contributed by atoms with Crippen LogP contribution < -0.4 is 0 Å². The lowest BCUT2D eigenvalue weighted by molar-refractivity contribution is 0.286. The summed E-state index contributed by atoms with van der Waals surface area (Å²) < 4.78 is 44.2. The van der Waals surface area contributed by atoms with Gasteiger partial charge in [-0.25, -0.2) is 17.1 Å². The van der Waals surface area contributed by atoms with Gasteiger partial charge in [0.1, 0.15) is 5.82 Å². The van der Waals surface area contributed by atoms with Crippen molar-refractivity contribution in [3.8, 4) is 11.5 Å². The molecule has 0 amide bonds. The number of hydrogen-bond donors (Lipinski definition) is 0. The van der Waals surface area contributed by atoms with E-state index in [-0.39, 0.29) is 17.5 Å². The summed E-state index contributed by atoms with van der Waals surface area (Å²) in [5.74, 6) is 0.397. The van der Waals surface area contributed by atoms with Crippen molar-refractivity contribution in [1.29, 1.82) is 0 Å². The maximum absolute atomic E-state index is 13.0. The molecule has 3 rings (SSSR count). The third kappa shape index (κ3) is 3.42. The van der Waals surface area contributed by atoms with Gasteiger partial charge in [0.25, 0.3) is 0 Å². The van der Waals surface area contributed by atoms with Gasteiger partial charge in [-0.2, -0.15) is 0 Å². The van der Waals surface area contributed by atoms with Gasteiger partial charge in [0.15, 0.2) is 0 Å². The van der Waals surface area contributed by atoms with Crippen molar-refractivity contribution in [3.05, 3.63) is 36.0 Å². The molecule has 1 aromatic heterocycles. The Labute approximate surface area is 134 Å². The average Bonchev–Trinajstić information content (AvgIpc) is 3.06. The minimum Gasteiger partial charge on any atom is -0.420 e. The predicted molar refractivity (Wildman–Crippen MR) is 82.7 cm³/mol. The van der Waals surface area contributed by atoms with E-state index in [1.807, 2.05) is 0 Å². The zero-order chi connectivity index (χ0) is 16.4. The van der Waals surface area contributed by atoms with Crippen LogP contribution in [0.1, 0.15) is 31.6 Å². The SMILES string of the molecule is CCS(=O)(=O)N1CCC[C@@H](c2nnc(-c3ccc(F)cc3)o2)C1. The third-order valence-corrected chi connectivity index (χ3v) is 5.87. The summed E-state index contributed by atoms with van der Waals surface area (Å²) in [5.41, 5.74) is 0.638. The van der Waals surface area contributed by atoms with Gasteiger partial charge >= 0.3 is 0 Å². The topological polar surface area (TPSA) is 76.3 Å². The second-order valence-corrected chi connectivity index (χ2v) is 7.81. The Kier molecular flexibility index (Phi) is 4.45. The number of benzene rings is 1. The van der Waals surface area contributed by atoms with E-state index in [2.05, 4.69) is 10.2 Å². The zero-order valence-electron chi connectivity index (χ0n) is 12.8. The Hall–Kier alpha value is -1.80. The normalized spacial score (nSPS) is 19.8. The number of rotatable bonds is 4. The van der Waals surface area contributed by atoms with Crippen molar-refractivity contribution in [1.82, 2.24) is 14.5 Å². The predicted octanol–water partition coefficient (Wildman–Crippen LogP) is 2.40.